The zero-order chi connectivity index (χ0) is 13.0. The van der Waals surface area contributed by atoms with Gasteiger partial charge in [-0.15, -0.1) is 5.10 Å². The summed E-state index contributed by atoms with van der Waals surface area (Å²) in [7, 11) is 0. The molecular weight excluding hydrogens is 228 g/mol. The lowest BCUT2D eigenvalue weighted by molar-refractivity contribution is 0.432. The topological polar surface area (TPSA) is 62.8 Å². The molecule has 0 aliphatic heterocycles. The highest BCUT2D eigenvalue weighted by molar-refractivity contribution is 5.29. The van der Waals surface area contributed by atoms with Gasteiger partial charge in [0.2, 0.25) is 11.8 Å². The first kappa shape index (κ1) is 12.6. The van der Waals surface area contributed by atoms with E-state index in [0.29, 0.717) is 17.8 Å². The van der Waals surface area contributed by atoms with Crippen LogP contribution in [0.1, 0.15) is 25.1 Å². The van der Waals surface area contributed by atoms with Gasteiger partial charge in [0, 0.05) is 36.1 Å². The summed E-state index contributed by atoms with van der Waals surface area (Å²) >= 11 is 0. The van der Waals surface area contributed by atoms with Crippen molar-refractivity contribution in [3.8, 4) is 11.8 Å². The predicted molar refractivity (Wildman–Crippen MR) is 69.6 cm³/mol. The number of H-pyrrole nitrogens is 1. The molecule has 5 heteroatoms. The molecule has 2 aromatic heterocycles. The van der Waals surface area contributed by atoms with Gasteiger partial charge in [0.1, 0.15) is 0 Å². The maximum Gasteiger partial charge on any atom is 0.240 e. The van der Waals surface area contributed by atoms with E-state index in [1.54, 1.807) is 6.20 Å². The van der Waals surface area contributed by atoms with Crippen molar-refractivity contribution in [1.29, 1.82) is 0 Å². The van der Waals surface area contributed by atoms with Crippen molar-refractivity contribution >= 4 is 0 Å². The number of pyridine rings is 1. The quantitative estimate of drug-likeness (QED) is 0.850. The Labute approximate surface area is 107 Å². The van der Waals surface area contributed by atoms with Crippen molar-refractivity contribution in [3.63, 3.8) is 0 Å². The summed E-state index contributed by atoms with van der Waals surface area (Å²) in [5.74, 6) is 1.13. The number of hydrogen-bond donors (Lipinski definition) is 2. The molecule has 0 aromatic carbocycles. The summed E-state index contributed by atoms with van der Waals surface area (Å²) < 4.78 is 5.67. The van der Waals surface area contributed by atoms with Gasteiger partial charge >= 0.3 is 0 Å². The normalized spacial score (nSPS) is 10.9. The highest BCUT2D eigenvalue weighted by Gasteiger charge is 2.08. The van der Waals surface area contributed by atoms with E-state index in [4.69, 9.17) is 4.74 Å². The van der Waals surface area contributed by atoms with E-state index in [1.807, 2.05) is 25.1 Å². The van der Waals surface area contributed by atoms with Crippen LogP contribution in [0.2, 0.25) is 0 Å². The summed E-state index contributed by atoms with van der Waals surface area (Å²) in [6.45, 7) is 6.87. The molecule has 0 saturated carbocycles. The summed E-state index contributed by atoms with van der Waals surface area (Å²) in [5, 5.41) is 10.2. The molecule has 96 valence electrons. The van der Waals surface area contributed by atoms with Crippen molar-refractivity contribution in [1.82, 2.24) is 20.5 Å². The largest absolute Gasteiger partial charge is 0.419 e. The van der Waals surface area contributed by atoms with Crippen molar-refractivity contribution in [2.75, 3.05) is 0 Å². The molecule has 0 radical (unpaired) electrons. The maximum absolute atomic E-state index is 5.67. The molecule has 5 nitrogen and oxygen atoms in total. The fraction of sp³-hybridized carbons (Fsp3) is 0.385. The number of aryl methyl sites for hydroxylation is 1. The minimum absolute atomic E-state index is 0.422. The number of aromatic amines is 1. The van der Waals surface area contributed by atoms with Gasteiger partial charge in [-0.1, -0.05) is 19.9 Å². The van der Waals surface area contributed by atoms with Gasteiger partial charge in [0.25, 0.3) is 0 Å². The van der Waals surface area contributed by atoms with E-state index < -0.39 is 0 Å². The lowest BCUT2D eigenvalue weighted by atomic mass is 10.2. The van der Waals surface area contributed by atoms with Crippen LogP contribution < -0.4 is 10.1 Å². The summed E-state index contributed by atoms with van der Waals surface area (Å²) in [4.78, 5) is 4.25. The molecule has 0 atom stereocenters. The summed E-state index contributed by atoms with van der Waals surface area (Å²) in [6.07, 6.45) is 1.72. The first-order valence-electron chi connectivity index (χ1n) is 6.02. The second-order valence-electron chi connectivity index (χ2n) is 4.49. The molecule has 0 saturated heterocycles. The van der Waals surface area contributed by atoms with Crippen molar-refractivity contribution in [2.45, 2.75) is 33.4 Å². The van der Waals surface area contributed by atoms with Crippen LogP contribution in [-0.2, 0) is 6.54 Å². The van der Waals surface area contributed by atoms with Crippen LogP contribution >= 0.6 is 0 Å². The van der Waals surface area contributed by atoms with Crippen LogP contribution in [0.5, 0.6) is 11.8 Å². The van der Waals surface area contributed by atoms with E-state index in [1.165, 1.54) is 0 Å². The molecular formula is C13H18N4O. The average molecular weight is 246 g/mol. The van der Waals surface area contributed by atoms with Crippen LogP contribution in [-0.4, -0.2) is 21.2 Å². The van der Waals surface area contributed by atoms with E-state index >= 15 is 0 Å². The molecule has 18 heavy (non-hydrogen) atoms. The van der Waals surface area contributed by atoms with Crippen LogP contribution in [0.15, 0.2) is 24.4 Å². The number of nitrogens with one attached hydrogen (secondary N) is 2. The Morgan fingerprint density at radius 3 is 2.94 bits per heavy atom. The van der Waals surface area contributed by atoms with Crippen molar-refractivity contribution in [3.05, 3.63) is 35.7 Å². The minimum Gasteiger partial charge on any atom is -0.419 e. The molecule has 0 amide bonds. The fourth-order valence-corrected chi connectivity index (χ4v) is 1.51. The zero-order valence-electron chi connectivity index (χ0n) is 10.9. The lowest BCUT2D eigenvalue weighted by Crippen LogP contribution is -2.22. The Morgan fingerprint density at radius 1 is 1.44 bits per heavy atom. The number of hydrogen-bond acceptors (Lipinski definition) is 4. The highest BCUT2D eigenvalue weighted by atomic mass is 16.5. The lowest BCUT2D eigenvalue weighted by Gasteiger charge is -2.11. The average Bonchev–Trinajstić information content (AvgIpc) is 2.73. The Morgan fingerprint density at radius 2 is 2.28 bits per heavy atom. The van der Waals surface area contributed by atoms with E-state index in [2.05, 4.69) is 34.3 Å². The Kier molecular flexibility index (Phi) is 3.94. The van der Waals surface area contributed by atoms with Gasteiger partial charge in [-0.05, 0) is 13.0 Å². The molecule has 2 N–H and O–H groups in total. The molecule has 0 aliphatic rings. The second kappa shape index (κ2) is 5.64. The first-order chi connectivity index (χ1) is 8.65. The third kappa shape index (κ3) is 3.30. The molecule has 2 rings (SSSR count). The van der Waals surface area contributed by atoms with Gasteiger partial charge in [-0.3, -0.25) is 5.10 Å². The van der Waals surface area contributed by atoms with Gasteiger partial charge < -0.3 is 10.1 Å². The first-order valence-corrected chi connectivity index (χ1v) is 6.02. The molecule has 0 aliphatic carbocycles. The molecule has 2 aromatic rings. The van der Waals surface area contributed by atoms with E-state index in [0.717, 1.165) is 17.8 Å². The van der Waals surface area contributed by atoms with Gasteiger partial charge in [0.15, 0.2) is 0 Å². The van der Waals surface area contributed by atoms with Gasteiger partial charge in [0.05, 0.1) is 0 Å². The number of nitrogens with zero attached hydrogens (tertiary/aromatic N) is 2. The number of rotatable bonds is 5. The Hall–Kier alpha value is -1.88. The van der Waals surface area contributed by atoms with Gasteiger partial charge in [-0.2, -0.15) is 0 Å². The fourth-order valence-electron chi connectivity index (χ4n) is 1.51. The standard InChI is InChI=1S/C13H18N4O/c1-9(2)15-8-11-5-4-6-14-13(11)18-12-7-10(3)16-17-12/h4-7,9,15H,8H2,1-3H3,(H,16,17). The van der Waals surface area contributed by atoms with Gasteiger partial charge in [-0.25, -0.2) is 4.98 Å². The zero-order valence-corrected chi connectivity index (χ0v) is 10.9. The maximum atomic E-state index is 5.67. The Bertz CT molecular complexity index is 507. The van der Waals surface area contributed by atoms with Crippen molar-refractivity contribution < 1.29 is 4.74 Å². The molecule has 0 spiro atoms. The third-order valence-corrected chi connectivity index (χ3v) is 2.43. The SMILES string of the molecule is Cc1cc(Oc2ncccc2CNC(C)C)n[nH]1. The minimum atomic E-state index is 0.422. The van der Waals surface area contributed by atoms with Crippen LogP contribution in [0.25, 0.3) is 0 Å². The highest BCUT2D eigenvalue weighted by Crippen LogP contribution is 2.21. The molecule has 0 unspecified atom stereocenters. The summed E-state index contributed by atoms with van der Waals surface area (Å²) in [5.41, 5.74) is 1.98. The van der Waals surface area contributed by atoms with Crippen molar-refractivity contribution in [2.24, 2.45) is 0 Å². The third-order valence-electron chi connectivity index (χ3n) is 2.43. The molecule has 2 heterocycles. The second-order valence-corrected chi connectivity index (χ2v) is 4.49. The number of aromatic nitrogens is 3. The van der Waals surface area contributed by atoms with E-state index in [9.17, 15) is 0 Å². The van der Waals surface area contributed by atoms with Crippen LogP contribution in [0.3, 0.4) is 0 Å². The molecule has 0 fully saturated rings. The van der Waals surface area contributed by atoms with Crippen LogP contribution in [0.4, 0.5) is 0 Å². The number of ether oxygens (including phenoxy) is 1. The monoisotopic (exact) mass is 246 g/mol. The van der Waals surface area contributed by atoms with E-state index in [-0.39, 0.29) is 0 Å². The predicted octanol–water partition coefficient (Wildman–Crippen LogP) is 2.40. The smallest absolute Gasteiger partial charge is 0.240 e. The Balaban J connectivity index is 2.11. The molecule has 0 bridgehead atoms. The summed E-state index contributed by atoms with van der Waals surface area (Å²) in [6, 6.07) is 6.16. The van der Waals surface area contributed by atoms with Crippen LogP contribution in [0, 0.1) is 6.92 Å².